The molecule has 1 aromatic rings. The van der Waals surface area contributed by atoms with E-state index in [4.69, 9.17) is 12.2 Å². The zero-order valence-corrected chi connectivity index (χ0v) is 12.3. The Bertz CT molecular complexity index is 434. The van der Waals surface area contributed by atoms with Gasteiger partial charge in [-0.05, 0) is 56.5 Å². The number of anilines is 1. The number of thiocarbonyl (C=S) groups is 1. The van der Waals surface area contributed by atoms with Crippen molar-refractivity contribution in [2.24, 2.45) is 5.92 Å². The van der Waals surface area contributed by atoms with Gasteiger partial charge in [0.25, 0.3) is 0 Å². The van der Waals surface area contributed by atoms with Crippen LogP contribution in [0, 0.1) is 19.8 Å². The summed E-state index contributed by atoms with van der Waals surface area (Å²) in [5.74, 6) is 0.838. The molecule has 2 rings (SSSR count). The molecule has 0 amide bonds. The Morgan fingerprint density at radius 2 is 1.94 bits per heavy atom. The zero-order valence-electron chi connectivity index (χ0n) is 11.5. The Kier molecular flexibility index (Phi) is 4.23. The summed E-state index contributed by atoms with van der Waals surface area (Å²) in [5.41, 5.74) is 3.67. The number of benzene rings is 1. The molecular formula is C15H22N2S. The second kappa shape index (κ2) is 5.70. The molecule has 0 spiro atoms. The normalized spacial score (nSPS) is 16.7. The lowest BCUT2D eigenvalue weighted by Crippen LogP contribution is -2.40. The molecule has 2 nitrogen and oxygen atoms in total. The second-order valence-corrected chi connectivity index (χ2v) is 5.80. The fraction of sp³-hybridized carbons (Fsp3) is 0.533. The van der Waals surface area contributed by atoms with Gasteiger partial charge in [-0.3, -0.25) is 0 Å². The van der Waals surface area contributed by atoms with E-state index in [1.165, 1.54) is 24.0 Å². The summed E-state index contributed by atoms with van der Waals surface area (Å²) in [7, 11) is 0. The van der Waals surface area contributed by atoms with Crippen LogP contribution in [0.5, 0.6) is 0 Å². The molecule has 1 N–H and O–H groups in total. The van der Waals surface area contributed by atoms with Gasteiger partial charge in [-0.25, -0.2) is 0 Å². The second-order valence-electron chi connectivity index (χ2n) is 5.42. The molecule has 0 radical (unpaired) electrons. The van der Waals surface area contributed by atoms with Crippen LogP contribution in [-0.2, 0) is 0 Å². The van der Waals surface area contributed by atoms with Crippen LogP contribution < -0.4 is 5.32 Å². The van der Waals surface area contributed by atoms with Crippen LogP contribution in [0.2, 0.25) is 0 Å². The lowest BCUT2D eigenvalue weighted by atomic mass is 10.00. The number of nitrogens with zero attached hydrogens (tertiary/aromatic N) is 1. The average molecular weight is 262 g/mol. The molecule has 1 aliphatic rings. The van der Waals surface area contributed by atoms with Gasteiger partial charge >= 0.3 is 0 Å². The van der Waals surface area contributed by atoms with Crippen LogP contribution in [0.4, 0.5) is 5.69 Å². The van der Waals surface area contributed by atoms with Crippen molar-refractivity contribution in [3.8, 4) is 0 Å². The summed E-state index contributed by atoms with van der Waals surface area (Å²) in [6, 6.07) is 6.42. The maximum Gasteiger partial charge on any atom is 0.173 e. The number of rotatable bonds is 1. The minimum absolute atomic E-state index is 0.838. The minimum atomic E-state index is 0.838. The van der Waals surface area contributed by atoms with Crippen LogP contribution in [-0.4, -0.2) is 23.1 Å². The van der Waals surface area contributed by atoms with Crippen LogP contribution in [0.25, 0.3) is 0 Å². The van der Waals surface area contributed by atoms with Crippen LogP contribution in [0.1, 0.15) is 30.9 Å². The molecule has 18 heavy (non-hydrogen) atoms. The van der Waals surface area contributed by atoms with Crippen molar-refractivity contribution >= 4 is 23.0 Å². The quantitative estimate of drug-likeness (QED) is 0.776. The SMILES string of the molecule is Cc1ccc(NC(=S)N2CCC(C)CC2)c(C)c1. The van der Waals surface area contributed by atoms with E-state index in [0.717, 1.165) is 29.8 Å². The molecule has 3 heteroatoms. The Labute approximate surface area is 115 Å². The fourth-order valence-corrected chi connectivity index (χ4v) is 2.65. The summed E-state index contributed by atoms with van der Waals surface area (Å²) in [6.07, 6.45) is 2.49. The summed E-state index contributed by atoms with van der Waals surface area (Å²) < 4.78 is 0. The monoisotopic (exact) mass is 262 g/mol. The van der Waals surface area contributed by atoms with E-state index >= 15 is 0 Å². The van der Waals surface area contributed by atoms with E-state index in [9.17, 15) is 0 Å². The summed E-state index contributed by atoms with van der Waals surface area (Å²) in [5, 5.41) is 4.25. The molecule has 0 unspecified atom stereocenters. The largest absolute Gasteiger partial charge is 0.349 e. The van der Waals surface area contributed by atoms with Crippen molar-refractivity contribution < 1.29 is 0 Å². The van der Waals surface area contributed by atoms with Crippen molar-refractivity contribution in [2.75, 3.05) is 18.4 Å². The van der Waals surface area contributed by atoms with Crippen molar-refractivity contribution in [3.63, 3.8) is 0 Å². The van der Waals surface area contributed by atoms with Gasteiger partial charge in [0.1, 0.15) is 0 Å². The van der Waals surface area contributed by atoms with E-state index in [0.29, 0.717) is 0 Å². The van der Waals surface area contributed by atoms with E-state index in [1.807, 2.05) is 0 Å². The van der Waals surface area contributed by atoms with E-state index in [-0.39, 0.29) is 0 Å². The highest BCUT2D eigenvalue weighted by atomic mass is 32.1. The highest BCUT2D eigenvalue weighted by Crippen LogP contribution is 2.19. The third kappa shape index (κ3) is 3.22. The zero-order chi connectivity index (χ0) is 13.1. The Balaban J connectivity index is 1.98. The average Bonchev–Trinajstić information content (AvgIpc) is 2.33. The summed E-state index contributed by atoms with van der Waals surface area (Å²) in [4.78, 5) is 2.29. The smallest absolute Gasteiger partial charge is 0.173 e. The number of aryl methyl sites for hydroxylation is 2. The highest BCUT2D eigenvalue weighted by Gasteiger charge is 2.18. The molecule has 0 saturated carbocycles. The first-order valence-corrected chi connectivity index (χ1v) is 7.10. The number of nitrogens with one attached hydrogen (secondary N) is 1. The summed E-state index contributed by atoms with van der Waals surface area (Å²) >= 11 is 5.50. The highest BCUT2D eigenvalue weighted by molar-refractivity contribution is 7.80. The molecular weight excluding hydrogens is 240 g/mol. The van der Waals surface area contributed by atoms with Gasteiger partial charge in [-0.2, -0.15) is 0 Å². The number of likely N-dealkylation sites (tertiary alicyclic amines) is 1. The van der Waals surface area contributed by atoms with E-state index in [1.54, 1.807) is 0 Å². The molecule has 98 valence electrons. The third-order valence-corrected chi connectivity index (χ3v) is 4.05. The number of piperidine rings is 1. The maximum atomic E-state index is 5.50. The van der Waals surface area contributed by atoms with E-state index < -0.39 is 0 Å². The maximum absolute atomic E-state index is 5.50. The first kappa shape index (κ1) is 13.3. The lowest BCUT2D eigenvalue weighted by molar-refractivity contribution is 0.283. The van der Waals surface area contributed by atoms with Crippen LogP contribution in [0.3, 0.4) is 0 Å². The standard InChI is InChI=1S/C15H22N2S/c1-11-6-8-17(9-7-11)15(18)16-14-5-4-12(2)10-13(14)3/h4-5,10-11H,6-9H2,1-3H3,(H,16,18). The van der Waals surface area contributed by atoms with Crippen molar-refractivity contribution in [2.45, 2.75) is 33.6 Å². The molecule has 1 fully saturated rings. The van der Waals surface area contributed by atoms with Gasteiger partial charge in [0.2, 0.25) is 0 Å². The van der Waals surface area contributed by atoms with Crippen molar-refractivity contribution in [1.82, 2.24) is 4.90 Å². The Morgan fingerprint density at radius 1 is 1.28 bits per heavy atom. The molecule has 1 aliphatic heterocycles. The summed E-state index contributed by atoms with van der Waals surface area (Å²) in [6.45, 7) is 8.71. The fourth-order valence-electron chi connectivity index (χ4n) is 2.36. The Hall–Kier alpha value is -1.09. The predicted molar refractivity (Wildman–Crippen MR) is 82.1 cm³/mol. The van der Waals surface area contributed by atoms with Crippen molar-refractivity contribution in [3.05, 3.63) is 29.3 Å². The molecule has 1 aromatic carbocycles. The molecule has 0 atom stereocenters. The first-order valence-electron chi connectivity index (χ1n) is 6.69. The third-order valence-electron chi connectivity index (χ3n) is 3.69. The Morgan fingerprint density at radius 3 is 2.56 bits per heavy atom. The topological polar surface area (TPSA) is 15.3 Å². The van der Waals surface area contributed by atoms with Gasteiger partial charge < -0.3 is 10.2 Å². The van der Waals surface area contributed by atoms with Gasteiger partial charge in [0, 0.05) is 18.8 Å². The molecule has 0 aliphatic carbocycles. The van der Waals surface area contributed by atoms with Gasteiger partial charge in [-0.1, -0.05) is 24.6 Å². The molecule has 1 saturated heterocycles. The lowest BCUT2D eigenvalue weighted by Gasteiger charge is -2.32. The van der Waals surface area contributed by atoms with Crippen LogP contribution >= 0.6 is 12.2 Å². The van der Waals surface area contributed by atoms with Crippen LogP contribution in [0.15, 0.2) is 18.2 Å². The number of hydrogen-bond acceptors (Lipinski definition) is 1. The predicted octanol–water partition coefficient (Wildman–Crippen LogP) is 3.73. The van der Waals surface area contributed by atoms with Gasteiger partial charge in [0.05, 0.1) is 0 Å². The molecule has 1 heterocycles. The first-order chi connectivity index (χ1) is 8.56. The number of hydrogen-bond donors (Lipinski definition) is 1. The molecule has 0 aromatic heterocycles. The van der Waals surface area contributed by atoms with Crippen molar-refractivity contribution in [1.29, 1.82) is 0 Å². The minimum Gasteiger partial charge on any atom is -0.349 e. The molecule has 0 bridgehead atoms. The van der Waals surface area contributed by atoms with Gasteiger partial charge in [0.15, 0.2) is 5.11 Å². The van der Waals surface area contributed by atoms with E-state index in [2.05, 4.69) is 49.2 Å². The van der Waals surface area contributed by atoms with Gasteiger partial charge in [-0.15, -0.1) is 0 Å².